The fourth-order valence-electron chi connectivity index (χ4n) is 5.62. The number of aryl methyl sites for hydroxylation is 2. The third kappa shape index (κ3) is 9.83. The molecule has 1 aliphatic heterocycles. The number of halogens is 1. The summed E-state index contributed by atoms with van der Waals surface area (Å²) in [5, 5.41) is 18.4. The van der Waals surface area contributed by atoms with Crippen LogP contribution in [0.2, 0.25) is 5.02 Å². The van der Waals surface area contributed by atoms with Crippen LogP contribution in [0.3, 0.4) is 0 Å². The normalized spacial score (nSPS) is 16.0. The fourth-order valence-corrected chi connectivity index (χ4v) is 5.91. The molecule has 0 radical (unpaired) electrons. The number of rotatable bonds is 15. The summed E-state index contributed by atoms with van der Waals surface area (Å²) in [5.74, 6) is 0.826. The lowest BCUT2D eigenvalue weighted by atomic mass is 9.92. The van der Waals surface area contributed by atoms with Crippen LogP contribution >= 0.6 is 11.6 Å². The molecule has 4 N–H and O–H groups in total. The van der Waals surface area contributed by atoms with Gasteiger partial charge in [-0.25, -0.2) is 9.59 Å². The Balaban J connectivity index is 1.47. The van der Waals surface area contributed by atoms with Crippen molar-refractivity contribution in [2.75, 3.05) is 53.6 Å². The van der Waals surface area contributed by atoms with E-state index in [0.717, 1.165) is 41.7 Å². The number of benzene rings is 3. The van der Waals surface area contributed by atoms with Gasteiger partial charge in [0, 0.05) is 36.3 Å². The number of carbonyl (C=O) groups is 2. The molecule has 0 bridgehead atoms. The fraction of sp³-hybridized carbons (Fsp3) is 0.429. The van der Waals surface area contributed by atoms with E-state index in [1.54, 1.807) is 12.0 Å². The van der Waals surface area contributed by atoms with Crippen molar-refractivity contribution in [2.45, 2.75) is 44.4 Å². The first-order valence-corrected chi connectivity index (χ1v) is 16.1. The molecule has 3 atom stereocenters. The molecule has 1 fully saturated rings. The number of urea groups is 1. The standard InChI is InChI=1S/C35H45ClN4O6/c1-4-24-7-5-8-26(21-24)32-29(9-6-10-30(32)36)33(46-19-17-38-35(42)43)31-23-40(18-20-45-31)34(41)39-22-27(37-2)14-11-25-12-15-28(44-3)16-13-25/h5-10,12-13,15-16,21,27,31,33,37-38H,4,11,14,17-20,22-23H2,1-3H3,(H,39,41)(H,42,43)/t27-,31+,33-/m0/s1. The number of hydrogen-bond donors (Lipinski definition) is 4. The number of methoxy groups -OCH3 is 1. The highest BCUT2D eigenvalue weighted by molar-refractivity contribution is 6.33. The SMILES string of the molecule is CCc1cccc(-c2c(Cl)cccc2[C@H](OCCNC(=O)O)[C@H]2CN(C(=O)NC[C@H](CCc3ccc(OC)cc3)NC)CCO2)c1. The summed E-state index contributed by atoms with van der Waals surface area (Å²) in [6.07, 6.45) is 0.349. The summed E-state index contributed by atoms with van der Waals surface area (Å²) in [6, 6.07) is 21.8. The summed E-state index contributed by atoms with van der Waals surface area (Å²) < 4.78 is 17.8. The van der Waals surface area contributed by atoms with Crippen LogP contribution in [0, 0.1) is 0 Å². The van der Waals surface area contributed by atoms with E-state index >= 15 is 0 Å². The van der Waals surface area contributed by atoms with Gasteiger partial charge in [-0.05, 0) is 66.8 Å². The average Bonchev–Trinajstić information content (AvgIpc) is 3.08. The molecule has 10 nitrogen and oxygen atoms in total. The summed E-state index contributed by atoms with van der Waals surface area (Å²) in [5.41, 5.74) is 4.98. The van der Waals surface area contributed by atoms with Crippen LogP contribution in [0.4, 0.5) is 9.59 Å². The molecule has 4 rings (SSSR count). The van der Waals surface area contributed by atoms with E-state index in [1.807, 2.05) is 49.5 Å². The molecule has 1 heterocycles. The Morgan fingerprint density at radius 3 is 2.59 bits per heavy atom. The number of nitrogens with zero attached hydrogens (tertiary/aromatic N) is 1. The monoisotopic (exact) mass is 652 g/mol. The summed E-state index contributed by atoms with van der Waals surface area (Å²) in [4.78, 5) is 26.2. The van der Waals surface area contributed by atoms with Crippen molar-refractivity contribution in [2.24, 2.45) is 0 Å². The van der Waals surface area contributed by atoms with Gasteiger partial charge in [0.05, 0.1) is 26.9 Å². The van der Waals surface area contributed by atoms with E-state index in [4.69, 9.17) is 30.9 Å². The zero-order valence-electron chi connectivity index (χ0n) is 26.8. The lowest BCUT2D eigenvalue weighted by molar-refractivity contribution is -0.105. The zero-order chi connectivity index (χ0) is 32.9. The molecule has 46 heavy (non-hydrogen) atoms. The zero-order valence-corrected chi connectivity index (χ0v) is 27.5. The Hall–Kier alpha value is -3.83. The van der Waals surface area contributed by atoms with Crippen LogP contribution in [0.15, 0.2) is 66.7 Å². The Labute approximate surface area is 276 Å². The number of carbonyl (C=O) groups excluding carboxylic acids is 1. The highest BCUT2D eigenvalue weighted by Crippen LogP contribution is 2.39. The van der Waals surface area contributed by atoms with Crippen molar-refractivity contribution >= 4 is 23.7 Å². The van der Waals surface area contributed by atoms with Gasteiger partial charge in [0.1, 0.15) is 18.0 Å². The van der Waals surface area contributed by atoms with Crippen LogP contribution in [0.5, 0.6) is 5.75 Å². The number of amides is 3. The lowest BCUT2D eigenvalue weighted by Gasteiger charge is -2.38. The van der Waals surface area contributed by atoms with Crippen molar-refractivity contribution in [1.82, 2.24) is 20.9 Å². The topological polar surface area (TPSA) is 121 Å². The predicted octanol–water partition coefficient (Wildman–Crippen LogP) is 5.53. The smallest absolute Gasteiger partial charge is 0.404 e. The number of carboxylic acid groups (broad SMARTS) is 1. The third-order valence-electron chi connectivity index (χ3n) is 8.22. The first kappa shape index (κ1) is 35.0. The second kappa shape index (κ2) is 17.8. The maximum Gasteiger partial charge on any atom is 0.404 e. The lowest BCUT2D eigenvalue weighted by Crippen LogP contribution is -2.53. The number of morpholine rings is 1. The number of ether oxygens (including phenoxy) is 3. The van der Waals surface area contributed by atoms with E-state index in [2.05, 4.69) is 47.1 Å². The van der Waals surface area contributed by atoms with Crippen LogP contribution in [0.25, 0.3) is 11.1 Å². The van der Waals surface area contributed by atoms with Gasteiger partial charge in [0.2, 0.25) is 0 Å². The highest BCUT2D eigenvalue weighted by atomic mass is 35.5. The molecule has 3 aromatic rings. The van der Waals surface area contributed by atoms with Crippen LogP contribution in [-0.4, -0.2) is 87.8 Å². The second-order valence-electron chi connectivity index (χ2n) is 11.2. The quantitative estimate of drug-likeness (QED) is 0.159. The van der Waals surface area contributed by atoms with Crippen LogP contribution in [-0.2, 0) is 22.3 Å². The average molecular weight is 653 g/mol. The van der Waals surface area contributed by atoms with Crippen LogP contribution < -0.4 is 20.7 Å². The molecule has 248 valence electrons. The van der Waals surface area contributed by atoms with Gasteiger partial charge in [0.25, 0.3) is 0 Å². The molecule has 0 aromatic heterocycles. The molecular formula is C35H45ClN4O6. The summed E-state index contributed by atoms with van der Waals surface area (Å²) in [6.45, 7) is 3.85. The van der Waals surface area contributed by atoms with Crippen molar-refractivity contribution in [3.63, 3.8) is 0 Å². The molecule has 0 spiro atoms. The minimum atomic E-state index is -1.12. The van der Waals surface area contributed by atoms with E-state index < -0.39 is 18.3 Å². The summed E-state index contributed by atoms with van der Waals surface area (Å²) >= 11 is 6.81. The second-order valence-corrected chi connectivity index (χ2v) is 11.6. The molecule has 1 aliphatic rings. The van der Waals surface area contributed by atoms with Gasteiger partial charge in [-0.2, -0.15) is 0 Å². The minimum Gasteiger partial charge on any atom is -0.497 e. The van der Waals surface area contributed by atoms with Crippen molar-refractivity contribution in [3.05, 3.63) is 88.4 Å². The first-order chi connectivity index (χ1) is 22.3. The number of likely N-dealkylation sites (N-methyl/N-ethyl adjacent to an activating group) is 1. The molecule has 0 aliphatic carbocycles. The Morgan fingerprint density at radius 2 is 1.87 bits per heavy atom. The van der Waals surface area contributed by atoms with E-state index in [-0.39, 0.29) is 25.2 Å². The predicted molar refractivity (Wildman–Crippen MR) is 180 cm³/mol. The molecule has 0 unspecified atom stereocenters. The maximum absolute atomic E-state index is 13.4. The van der Waals surface area contributed by atoms with Gasteiger partial charge < -0.3 is 40.2 Å². The molecule has 3 aromatic carbocycles. The van der Waals surface area contributed by atoms with E-state index in [1.165, 1.54) is 11.1 Å². The highest BCUT2D eigenvalue weighted by Gasteiger charge is 2.34. The van der Waals surface area contributed by atoms with Crippen LogP contribution in [0.1, 0.15) is 36.1 Å². The number of hydrogen-bond acceptors (Lipinski definition) is 6. The molecular weight excluding hydrogens is 608 g/mol. The molecule has 3 amide bonds. The molecule has 11 heteroatoms. The van der Waals surface area contributed by atoms with Gasteiger partial charge in [-0.15, -0.1) is 0 Å². The first-order valence-electron chi connectivity index (χ1n) is 15.7. The molecule has 1 saturated heterocycles. The van der Waals surface area contributed by atoms with Crippen molar-refractivity contribution < 1.29 is 28.9 Å². The third-order valence-corrected chi connectivity index (χ3v) is 8.53. The summed E-state index contributed by atoms with van der Waals surface area (Å²) in [7, 11) is 3.55. The van der Waals surface area contributed by atoms with Crippen molar-refractivity contribution in [1.29, 1.82) is 0 Å². The van der Waals surface area contributed by atoms with Gasteiger partial charge >= 0.3 is 12.1 Å². The Kier molecular flexibility index (Phi) is 13.5. The van der Waals surface area contributed by atoms with E-state index in [9.17, 15) is 9.59 Å². The van der Waals surface area contributed by atoms with E-state index in [0.29, 0.717) is 31.3 Å². The molecule has 0 saturated carbocycles. The number of nitrogens with one attached hydrogen (secondary N) is 3. The van der Waals surface area contributed by atoms with Gasteiger partial charge in [0.15, 0.2) is 0 Å². The minimum absolute atomic E-state index is 0.0913. The van der Waals surface area contributed by atoms with Gasteiger partial charge in [-0.3, -0.25) is 0 Å². The van der Waals surface area contributed by atoms with Crippen molar-refractivity contribution in [3.8, 4) is 16.9 Å². The Bertz CT molecular complexity index is 1420. The largest absolute Gasteiger partial charge is 0.497 e. The Morgan fingerprint density at radius 1 is 1.09 bits per heavy atom. The van der Waals surface area contributed by atoms with Gasteiger partial charge in [-0.1, -0.05) is 67.1 Å². The maximum atomic E-state index is 13.4.